The van der Waals surface area contributed by atoms with Crippen molar-refractivity contribution in [1.82, 2.24) is 5.32 Å². The Morgan fingerprint density at radius 3 is 2.60 bits per heavy atom. The Bertz CT molecular complexity index is 580. The molecule has 1 unspecified atom stereocenters. The van der Waals surface area contributed by atoms with Gasteiger partial charge in [-0.1, -0.05) is 18.2 Å². The quantitative estimate of drug-likeness (QED) is 0.802. The minimum atomic E-state index is -4.30. The zero-order valence-corrected chi connectivity index (χ0v) is 13.1. The fraction of sp³-hybridized carbons (Fsp3) is 0.286. The van der Waals surface area contributed by atoms with Crippen LogP contribution in [0.5, 0.6) is 0 Å². The van der Waals surface area contributed by atoms with Gasteiger partial charge >= 0.3 is 6.18 Å². The van der Waals surface area contributed by atoms with Crippen LogP contribution >= 0.6 is 27.3 Å². The van der Waals surface area contributed by atoms with Crippen LogP contribution in [0.15, 0.2) is 39.5 Å². The molecular formula is C14H13BrF3NS. The van der Waals surface area contributed by atoms with Crippen molar-refractivity contribution in [3.05, 3.63) is 56.2 Å². The van der Waals surface area contributed by atoms with Gasteiger partial charge in [0.25, 0.3) is 0 Å². The summed E-state index contributed by atoms with van der Waals surface area (Å²) in [6, 6.07) is 5.47. The van der Waals surface area contributed by atoms with Crippen LogP contribution in [0, 0.1) is 0 Å². The molecule has 0 saturated carbocycles. The first kappa shape index (κ1) is 15.5. The van der Waals surface area contributed by atoms with Gasteiger partial charge in [-0.3, -0.25) is 0 Å². The van der Waals surface area contributed by atoms with E-state index in [1.807, 2.05) is 17.8 Å². The van der Waals surface area contributed by atoms with Gasteiger partial charge in [-0.15, -0.1) is 0 Å². The molecule has 20 heavy (non-hydrogen) atoms. The van der Waals surface area contributed by atoms with Gasteiger partial charge in [0.05, 0.1) is 5.56 Å². The predicted octanol–water partition coefficient (Wildman–Crippen LogP) is 5.03. The minimum absolute atomic E-state index is 0.0147. The SMILES string of the molecule is CNC(Cc1cccc(C(F)(F)F)c1)c1cscc1Br. The van der Waals surface area contributed by atoms with Crippen LogP contribution in [0.1, 0.15) is 22.7 Å². The lowest BCUT2D eigenvalue weighted by Crippen LogP contribution is -2.19. The lowest BCUT2D eigenvalue weighted by molar-refractivity contribution is -0.137. The van der Waals surface area contributed by atoms with Crippen LogP contribution < -0.4 is 5.32 Å². The first-order valence-corrected chi connectivity index (χ1v) is 7.70. The molecular weight excluding hydrogens is 351 g/mol. The second-order valence-corrected chi connectivity index (χ2v) is 6.02. The summed E-state index contributed by atoms with van der Waals surface area (Å²) >= 11 is 5.02. The van der Waals surface area contributed by atoms with Crippen molar-refractivity contribution in [2.75, 3.05) is 7.05 Å². The fourth-order valence-electron chi connectivity index (χ4n) is 2.02. The molecule has 0 saturated heterocycles. The van der Waals surface area contributed by atoms with E-state index >= 15 is 0 Å². The van der Waals surface area contributed by atoms with Gasteiger partial charge in [-0.2, -0.15) is 24.5 Å². The highest BCUT2D eigenvalue weighted by Crippen LogP contribution is 2.32. The molecule has 0 aliphatic rings. The van der Waals surface area contributed by atoms with Crippen molar-refractivity contribution < 1.29 is 13.2 Å². The maximum atomic E-state index is 12.7. The molecule has 108 valence electrons. The average molecular weight is 364 g/mol. The standard InChI is InChI=1S/C14H13BrF3NS/c1-19-13(11-7-20-8-12(11)15)6-9-3-2-4-10(5-9)14(16,17)18/h2-5,7-8,13,19H,6H2,1H3. The largest absolute Gasteiger partial charge is 0.416 e. The number of thiophene rings is 1. The molecule has 2 aromatic rings. The summed E-state index contributed by atoms with van der Waals surface area (Å²) in [4.78, 5) is 0. The molecule has 0 fully saturated rings. The maximum Gasteiger partial charge on any atom is 0.416 e. The summed E-state index contributed by atoms with van der Waals surface area (Å²) in [6.45, 7) is 0. The van der Waals surface area contributed by atoms with Crippen LogP contribution in [0.2, 0.25) is 0 Å². The van der Waals surface area contributed by atoms with Gasteiger partial charge in [-0.05, 0) is 52.0 Å². The molecule has 0 spiro atoms. The molecule has 0 aliphatic carbocycles. The highest BCUT2D eigenvalue weighted by atomic mass is 79.9. The summed E-state index contributed by atoms with van der Waals surface area (Å²) in [5.74, 6) is 0. The molecule has 0 aliphatic heterocycles. The van der Waals surface area contributed by atoms with E-state index in [2.05, 4.69) is 21.2 Å². The van der Waals surface area contributed by atoms with E-state index in [1.165, 1.54) is 12.1 Å². The van der Waals surface area contributed by atoms with Crippen LogP contribution in [-0.4, -0.2) is 7.05 Å². The van der Waals surface area contributed by atoms with Crippen molar-refractivity contribution in [3.63, 3.8) is 0 Å². The third kappa shape index (κ3) is 3.62. The van der Waals surface area contributed by atoms with Gasteiger partial charge in [0.15, 0.2) is 0 Å². The first-order valence-electron chi connectivity index (χ1n) is 5.97. The molecule has 1 aromatic carbocycles. The zero-order chi connectivity index (χ0) is 14.8. The van der Waals surface area contributed by atoms with Crippen molar-refractivity contribution in [2.24, 2.45) is 0 Å². The first-order chi connectivity index (χ1) is 9.41. The van der Waals surface area contributed by atoms with E-state index < -0.39 is 11.7 Å². The van der Waals surface area contributed by atoms with Crippen molar-refractivity contribution in [1.29, 1.82) is 0 Å². The molecule has 0 amide bonds. The van der Waals surface area contributed by atoms with Crippen LogP contribution in [0.25, 0.3) is 0 Å². The van der Waals surface area contributed by atoms with Gasteiger partial charge in [0.1, 0.15) is 0 Å². The van der Waals surface area contributed by atoms with E-state index in [-0.39, 0.29) is 6.04 Å². The Balaban J connectivity index is 2.23. The van der Waals surface area contributed by atoms with Crippen molar-refractivity contribution in [2.45, 2.75) is 18.6 Å². The van der Waals surface area contributed by atoms with Crippen LogP contribution in [0.3, 0.4) is 0 Å². The number of nitrogens with one attached hydrogen (secondary N) is 1. The minimum Gasteiger partial charge on any atom is -0.313 e. The molecule has 0 radical (unpaired) electrons. The van der Waals surface area contributed by atoms with Gasteiger partial charge in [0, 0.05) is 15.9 Å². The predicted molar refractivity (Wildman–Crippen MR) is 79.0 cm³/mol. The number of hydrogen-bond donors (Lipinski definition) is 1. The molecule has 1 atom stereocenters. The number of likely N-dealkylation sites (N-methyl/N-ethyl adjacent to an activating group) is 1. The van der Waals surface area contributed by atoms with E-state index in [1.54, 1.807) is 17.4 Å². The highest BCUT2D eigenvalue weighted by molar-refractivity contribution is 9.10. The molecule has 1 nitrogen and oxygen atoms in total. The average Bonchev–Trinajstić information content (AvgIpc) is 2.81. The number of alkyl halides is 3. The Labute approximate surface area is 128 Å². The summed E-state index contributed by atoms with van der Waals surface area (Å²) in [7, 11) is 1.81. The Kier molecular flexibility index (Phi) is 4.88. The smallest absolute Gasteiger partial charge is 0.313 e. The Hall–Kier alpha value is -0.850. The summed E-state index contributed by atoms with van der Waals surface area (Å²) < 4.78 is 39.1. The second-order valence-electron chi connectivity index (χ2n) is 4.42. The highest BCUT2D eigenvalue weighted by Gasteiger charge is 2.30. The molecule has 2 rings (SSSR count). The van der Waals surface area contributed by atoms with Crippen molar-refractivity contribution >= 4 is 27.3 Å². The van der Waals surface area contributed by atoms with Gasteiger partial charge in [-0.25, -0.2) is 0 Å². The molecule has 1 aromatic heterocycles. The number of rotatable bonds is 4. The molecule has 1 N–H and O–H groups in total. The third-order valence-corrected chi connectivity index (χ3v) is 4.81. The van der Waals surface area contributed by atoms with Gasteiger partial charge < -0.3 is 5.32 Å². The van der Waals surface area contributed by atoms with E-state index in [4.69, 9.17) is 0 Å². The molecule has 6 heteroatoms. The summed E-state index contributed by atoms with van der Waals surface area (Å²) in [6.07, 6.45) is -3.79. The monoisotopic (exact) mass is 363 g/mol. The maximum absolute atomic E-state index is 12.7. The summed E-state index contributed by atoms with van der Waals surface area (Å²) in [5.41, 5.74) is 1.13. The van der Waals surface area contributed by atoms with Gasteiger partial charge in [0.2, 0.25) is 0 Å². The van der Waals surface area contributed by atoms with Crippen LogP contribution in [-0.2, 0) is 12.6 Å². The molecule has 1 heterocycles. The number of halogens is 4. The number of benzene rings is 1. The second kappa shape index (κ2) is 6.28. The van der Waals surface area contributed by atoms with E-state index in [0.717, 1.165) is 16.1 Å². The Morgan fingerprint density at radius 2 is 2.05 bits per heavy atom. The van der Waals surface area contributed by atoms with Crippen LogP contribution in [0.4, 0.5) is 13.2 Å². The lowest BCUT2D eigenvalue weighted by atomic mass is 9.99. The fourth-order valence-corrected chi connectivity index (χ4v) is 3.65. The number of hydrogen-bond acceptors (Lipinski definition) is 2. The van der Waals surface area contributed by atoms with E-state index in [0.29, 0.717) is 12.0 Å². The van der Waals surface area contributed by atoms with Crippen molar-refractivity contribution in [3.8, 4) is 0 Å². The summed E-state index contributed by atoms with van der Waals surface area (Å²) in [5, 5.41) is 7.11. The topological polar surface area (TPSA) is 12.0 Å². The Morgan fingerprint density at radius 1 is 1.30 bits per heavy atom. The molecule has 0 bridgehead atoms. The lowest BCUT2D eigenvalue weighted by Gasteiger charge is -2.17. The normalized spacial score (nSPS) is 13.4. The third-order valence-electron chi connectivity index (χ3n) is 3.06. The van der Waals surface area contributed by atoms with E-state index in [9.17, 15) is 13.2 Å². The zero-order valence-electron chi connectivity index (χ0n) is 10.7.